The molecule has 1 aromatic carbocycles. The molecule has 1 unspecified atom stereocenters. The Hall–Kier alpha value is -3.23. The summed E-state index contributed by atoms with van der Waals surface area (Å²) >= 11 is 0. The predicted molar refractivity (Wildman–Crippen MR) is 106 cm³/mol. The zero-order chi connectivity index (χ0) is 19.6. The fourth-order valence-corrected chi connectivity index (χ4v) is 4.14. The highest BCUT2D eigenvalue weighted by atomic mass is 32.2. The van der Waals surface area contributed by atoms with Crippen LogP contribution in [0.1, 0.15) is 17.5 Å². The van der Waals surface area contributed by atoms with Crippen LogP contribution in [0, 0.1) is 0 Å². The number of hydrogen-bond acceptors (Lipinski definition) is 6. The van der Waals surface area contributed by atoms with Gasteiger partial charge in [-0.25, -0.2) is 18.1 Å². The van der Waals surface area contributed by atoms with E-state index in [0.29, 0.717) is 17.3 Å². The Balaban J connectivity index is 1.69. The normalized spacial score (nSPS) is 12.9. The van der Waals surface area contributed by atoms with Crippen molar-refractivity contribution < 1.29 is 12.8 Å². The van der Waals surface area contributed by atoms with Gasteiger partial charge in [0.05, 0.1) is 11.7 Å². The number of pyridine rings is 2. The lowest BCUT2D eigenvalue weighted by molar-refractivity contribution is 0.493. The molecule has 0 aliphatic carbocycles. The third kappa shape index (κ3) is 3.88. The van der Waals surface area contributed by atoms with Crippen molar-refractivity contribution in [2.24, 2.45) is 0 Å². The predicted octanol–water partition coefficient (Wildman–Crippen LogP) is 3.07. The summed E-state index contributed by atoms with van der Waals surface area (Å²) in [6.45, 7) is 0. The largest absolute Gasteiger partial charge is 0.461 e. The highest BCUT2D eigenvalue weighted by Crippen LogP contribution is 2.25. The third-order valence-corrected chi connectivity index (χ3v) is 5.73. The molecule has 3 N–H and O–H groups in total. The molecule has 1 atom stereocenters. The van der Waals surface area contributed by atoms with E-state index in [0.717, 1.165) is 11.0 Å². The maximum absolute atomic E-state index is 12.8. The first-order valence-corrected chi connectivity index (χ1v) is 10.1. The Labute approximate surface area is 162 Å². The standard InChI is InChI=1S/C20H18N4O3S/c21-20-9-3-7-17(23-20)18(24-28(25,26)16-6-4-10-22-13-16)12-15-11-14-5-1-2-8-19(14)27-15/h1-11,13,18,24H,12H2,(H2,21,23). The summed E-state index contributed by atoms with van der Waals surface area (Å²) in [6.07, 6.45) is 3.10. The molecule has 0 aliphatic rings. The van der Waals surface area contributed by atoms with Gasteiger partial charge in [0.1, 0.15) is 22.1 Å². The molecule has 0 aliphatic heterocycles. The SMILES string of the molecule is Nc1cccc(C(Cc2cc3ccccc3o2)NS(=O)(=O)c2cccnc2)n1. The van der Waals surface area contributed by atoms with E-state index in [-0.39, 0.29) is 11.3 Å². The van der Waals surface area contributed by atoms with Crippen molar-refractivity contribution in [1.82, 2.24) is 14.7 Å². The molecule has 4 rings (SSSR count). The summed E-state index contributed by atoms with van der Waals surface area (Å²) < 4.78 is 34.2. The molecule has 7 nitrogen and oxygen atoms in total. The molecule has 0 radical (unpaired) electrons. The smallest absolute Gasteiger partial charge is 0.242 e. The first-order valence-electron chi connectivity index (χ1n) is 8.63. The van der Waals surface area contributed by atoms with Crippen LogP contribution in [-0.2, 0) is 16.4 Å². The van der Waals surface area contributed by atoms with Gasteiger partial charge in [-0.1, -0.05) is 24.3 Å². The summed E-state index contributed by atoms with van der Waals surface area (Å²) in [7, 11) is -3.81. The number of benzene rings is 1. The molecule has 0 saturated carbocycles. The average Bonchev–Trinajstić information content (AvgIpc) is 3.10. The maximum atomic E-state index is 12.8. The monoisotopic (exact) mass is 394 g/mol. The number of nitrogen functional groups attached to an aromatic ring is 1. The number of fused-ring (bicyclic) bond motifs is 1. The minimum absolute atomic E-state index is 0.0773. The zero-order valence-corrected chi connectivity index (χ0v) is 15.6. The lowest BCUT2D eigenvalue weighted by Gasteiger charge is -2.17. The molecule has 142 valence electrons. The van der Waals surface area contributed by atoms with E-state index in [2.05, 4.69) is 14.7 Å². The van der Waals surface area contributed by atoms with Gasteiger partial charge in [0.25, 0.3) is 0 Å². The lowest BCUT2D eigenvalue weighted by atomic mass is 10.1. The average molecular weight is 394 g/mol. The summed E-state index contributed by atoms with van der Waals surface area (Å²) in [5, 5.41) is 0.951. The maximum Gasteiger partial charge on any atom is 0.242 e. The Morgan fingerprint density at radius 2 is 1.93 bits per heavy atom. The van der Waals surface area contributed by atoms with Gasteiger partial charge in [-0.3, -0.25) is 4.98 Å². The number of nitrogens with two attached hydrogens (primary N) is 1. The van der Waals surface area contributed by atoms with E-state index in [9.17, 15) is 8.42 Å². The van der Waals surface area contributed by atoms with Crippen LogP contribution in [-0.4, -0.2) is 18.4 Å². The van der Waals surface area contributed by atoms with Crippen LogP contribution < -0.4 is 10.5 Å². The van der Waals surface area contributed by atoms with Crippen LogP contribution in [0.3, 0.4) is 0 Å². The third-order valence-electron chi connectivity index (χ3n) is 4.27. The fourth-order valence-electron chi connectivity index (χ4n) is 2.97. The van der Waals surface area contributed by atoms with Gasteiger partial charge in [-0.15, -0.1) is 0 Å². The number of furan rings is 1. The van der Waals surface area contributed by atoms with Crippen LogP contribution in [0.25, 0.3) is 11.0 Å². The number of nitrogens with zero attached hydrogens (tertiary/aromatic N) is 2. The summed E-state index contributed by atoms with van der Waals surface area (Å²) in [5.41, 5.74) is 7.05. The summed E-state index contributed by atoms with van der Waals surface area (Å²) in [4.78, 5) is 8.26. The molecule has 4 aromatic rings. The van der Waals surface area contributed by atoms with Crippen molar-refractivity contribution in [2.45, 2.75) is 17.4 Å². The van der Waals surface area contributed by atoms with Crippen molar-refractivity contribution in [3.05, 3.63) is 84.5 Å². The molecular weight excluding hydrogens is 376 g/mol. The minimum atomic E-state index is -3.81. The van der Waals surface area contributed by atoms with Gasteiger partial charge >= 0.3 is 0 Å². The highest BCUT2D eigenvalue weighted by molar-refractivity contribution is 7.89. The van der Waals surface area contributed by atoms with Crippen molar-refractivity contribution in [3.8, 4) is 0 Å². The summed E-state index contributed by atoms with van der Waals surface area (Å²) in [6, 6.07) is 17.0. The van der Waals surface area contributed by atoms with Crippen LogP contribution in [0.4, 0.5) is 5.82 Å². The second kappa shape index (κ2) is 7.41. The number of hydrogen-bond donors (Lipinski definition) is 2. The van der Waals surface area contributed by atoms with Gasteiger partial charge in [0.2, 0.25) is 10.0 Å². The van der Waals surface area contributed by atoms with E-state index in [4.69, 9.17) is 10.2 Å². The quantitative estimate of drug-likeness (QED) is 0.520. The van der Waals surface area contributed by atoms with Crippen molar-refractivity contribution in [1.29, 1.82) is 0 Å². The molecule has 28 heavy (non-hydrogen) atoms. The minimum Gasteiger partial charge on any atom is -0.461 e. The second-order valence-electron chi connectivity index (χ2n) is 6.30. The first kappa shape index (κ1) is 18.1. The van der Waals surface area contributed by atoms with E-state index in [1.807, 2.05) is 30.3 Å². The van der Waals surface area contributed by atoms with Gasteiger partial charge < -0.3 is 10.2 Å². The number of nitrogens with one attached hydrogen (secondary N) is 1. The topological polar surface area (TPSA) is 111 Å². The Morgan fingerprint density at radius 1 is 1.07 bits per heavy atom. The van der Waals surface area contributed by atoms with Crippen LogP contribution in [0.2, 0.25) is 0 Å². The number of anilines is 1. The van der Waals surface area contributed by atoms with Crippen molar-refractivity contribution >= 4 is 26.8 Å². The van der Waals surface area contributed by atoms with Gasteiger partial charge in [0, 0.05) is 24.2 Å². The molecule has 3 heterocycles. The number of sulfonamides is 1. The Bertz CT molecular complexity index is 1170. The fraction of sp³-hybridized carbons (Fsp3) is 0.100. The van der Waals surface area contributed by atoms with Crippen molar-refractivity contribution in [3.63, 3.8) is 0 Å². The number of aromatic nitrogens is 2. The van der Waals surface area contributed by atoms with E-state index in [1.54, 1.807) is 24.3 Å². The molecule has 0 saturated heterocycles. The molecule has 0 amide bonds. The van der Waals surface area contributed by atoms with E-state index in [1.165, 1.54) is 18.5 Å². The molecule has 0 fully saturated rings. The molecule has 3 aromatic heterocycles. The highest BCUT2D eigenvalue weighted by Gasteiger charge is 2.24. The van der Waals surface area contributed by atoms with Crippen LogP contribution in [0.5, 0.6) is 0 Å². The number of rotatable bonds is 6. The lowest BCUT2D eigenvalue weighted by Crippen LogP contribution is -2.30. The molecular formula is C20H18N4O3S. The number of para-hydroxylation sites is 1. The van der Waals surface area contributed by atoms with Gasteiger partial charge in [-0.05, 0) is 36.4 Å². The van der Waals surface area contributed by atoms with Gasteiger partial charge in [0.15, 0.2) is 0 Å². The van der Waals surface area contributed by atoms with E-state index >= 15 is 0 Å². The molecule has 0 bridgehead atoms. The Kier molecular flexibility index (Phi) is 4.81. The van der Waals surface area contributed by atoms with Gasteiger partial charge in [-0.2, -0.15) is 0 Å². The first-order chi connectivity index (χ1) is 13.5. The van der Waals surface area contributed by atoms with Crippen molar-refractivity contribution in [2.75, 3.05) is 5.73 Å². The van der Waals surface area contributed by atoms with E-state index < -0.39 is 16.1 Å². The molecule has 0 spiro atoms. The Morgan fingerprint density at radius 3 is 2.68 bits per heavy atom. The second-order valence-corrected chi connectivity index (χ2v) is 8.02. The van der Waals surface area contributed by atoms with Crippen LogP contribution in [0.15, 0.2) is 82.4 Å². The van der Waals surface area contributed by atoms with Crippen LogP contribution >= 0.6 is 0 Å². The molecule has 8 heteroatoms. The summed E-state index contributed by atoms with van der Waals surface area (Å²) in [5.74, 6) is 0.956. The zero-order valence-electron chi connectivity index (χ0n) is 14.8.